The zero-order valence-corrected chi connectivity index (χ0v) is 11.3. The van der Waals surface area contributed by atoms with Gasteiger partial charge in [0, 0.05) is 24.7 Å². The van der Waals surface area contributed by atoms with Crippen LogP contribution in [0.4, 0.5) is 0 Å². The predicted molar refractivity (Wildman–Crippen MR) is 68.0 cm³/mol. The smallest absolute Gasteiger partial charge is 0.0622 e. The number of likely N-dealkylation sites (N-methyl/N-ethyl adjacent to an activating group) is 1. The molecule has 0 spiro atoms. The average Bonchev–Trinajstić information content (AvgIpc) is 2.79. The second-order valence-electron chi connectivity index (χ2n) is 5.72. The molecule has 4 nitrogen and oxygen atoms in total. The lowest BCUT2D eigenvalue weighted by molar-refractivity contribution is -0.106. The minimum Gasteiger partial charge on any atom is -0.380 e. The van der Waals surface area contributed by atoms with Gasteiger partial charge in [-0.15, -0.1) is 0 Å². The number of rotatable bonds is 3. The fourth-order valence-corrected chi connectivity index (χ4v) is 3.46. The molecule has 0 aromatic heterocycles. The summed E-state index contributed by atoms with van der Waals surface area (Å²) >= 11 is 0. The highest BCUT2D eigenvalue weighted by molar-refractivity contribution is 4.99. The fourth-order valence-electron chi connectivity index (χ4n) is 3.46. The lowest BCUT2D eigenvalue weighted by atomic mass is 9.81. The quantitative estimate of drug-likeness (QED) is 0.802. The Morgan fingerprint density at radius 1 is 1.29 bits per heavy atom. The summed E-state index contributed by atoms with van der Waals surface area (Å²) < 4.78 is 11.3. The lowest BCUT2D eigenvalue weighted by Crippen LogP contribution is -2.61. The van der Waals surface area contributed by atoms with Crippen molar-refractivity contribution in [3.63, 3.8) is 0 Å². The van der Waals surface area contributed by atoms with Crippen molar-refractivity contribution in [2.24, 2.45) is 5.73 Å². The van der Waals surface area contributed by atoms with Crippen molar-refractivity contribution in [2.75, 3.05) is 26.8 Å². The average molecular weight is 242 g/mol. The summed E-state index contributed by atoms with van der Waals surface area (Å²) in [5.41, 5.74) is 6.19. The van der Waals surface area contributed by atoms with Gasteiger partial charge in [0.25, 0.3) is 0 Å². The summed E-state index contributed by atoms with van der Waals surface area (Å²) in [7, 11) is 2.21. The zero-order valence-electron chi connectivity index (χ0n) is 11.3. The van der Waals surface area contributed by atoms with Crippen LogP contribution in [0.1, 0.15) is 33.1 Å². The van der Waals surface area contributed by atoms with Crippen molar-refractivity contribution in [2.45, 2.75) is 56.9 Å². The van der Waals surface area contributed by atoms with Crippen LogP contribution in [0.15, 0.2) is 0 Å². The van der Waals surface area contributed by atoms with E-state index in [-0.39, 0.29) is 5.54 Å². The third kappa shape index (κ3) is 2.65. The number of nitrogens with two attached hydrogens (primary N) is 1. The van der Waals surface area contributed by atoms with Crippen LogP contribution >= 0.6 is 0 Å². The van der Waals surface area contributed by atoms with E-state index in [1.54, 1.807) is 0 Å². The Morgan fingerprint density at radius 3 is 2.41 bits per heavy atom. The summed E-state index contributed by atoms with van der Waals surface area (Å²) in [5, 5.41) is 0. The molecule has 0 bridgehead atoms. The molecule has 2 fully saturated rings. The monoisotopic (exact) mass is 242 g/mol. The molecule has 2 rings (SSSR count). The lowest BCUT2D eigenvalue weighted by Gasteiger charge is -2.50. The van der Waals surface area contributed by atoms with Crippen LogP contribution in [0.25, 0.3) is 0 Å². The predicted octanol–water partition coefficient (Wildman–Crippen LogP) is 0.992. The molecule has 0 aromatic rings. The fraction of sp³-hybridized carbons (Fsp3) is 1.00. The van der Waals surface area contributed by atoms with Gasteiger partial charge in [-0.1, -0.05) is 0 Å². The van der Waals surface area contributed by atoms with Gasteiger partial charge in [0.15, 0.2) is 0 Å². The van der Waals surface area contributed by atoms with Gasteiger partial charge >= 0.3 is 0 Å². The Kier molecular flexibility index (Phi) is 4.08. The largest absolute Gasteiger partial charge is 0.380 e. The van der Waals surface area contributed by atoms with E-state index >= 15 is 0 Å². The number of ether oxygens (including phenoxy) is 2. The first-order valence-corrected chi connectivity index (χ1v) is 6.73. The van der Waals surface area contributed by atoms with Crippen molar-refractivity contribution in [3.05, 3.63) is 0 Å². The maximum absolute atomic E-state index is 6.09. The van der Waals surface area contributed by atoms with Crippen molar-refractivity contribution in [3.8, 4) is 0 Å². The molecule has 2 heterocycles. The normalized spacial score (nSPS) is 43.2. The molecule has 2 N–H and O–H groups in total. The van der Waals surface area contributed by atoms with Gasteiger partial charge in [0.2, 0.25) is 0 Å². The maximum Gasteiger partial charge on any atom is 0.0622 e. The van der Waals surface area contributed by atoms with Crippen LogP contribution in [-0.2, 0) is 9.47 Å². The van der Waals surface area contributed by atoms with Crippen molar-refractivity contribution >= 4 is 0 Å². The molecule has 0 aromatic carbocycles. The maximum atomic E-state index is 6.09. The molecular formula is C13H26N2O2. The minimum atomic E-state index is 0.0927. The first-order valence-electron chi connectivity index (χ1n) is 6.73. The SMILES string of the molecule is CC1CC(CN)(N(C)C2CCOC2)CC(C)O1. The molecule has 0 amide bonds. The van der Waals surface area contributed by atoms with Gasteiger partial charge in [-0.25, -0.2) is 0 Å². The topological polar surface area (TPSA) is 47.7 Å². The van der Waals surface area contributed by atoms with Crippen molar-refractivity contribution < 1.29 is 9.47 Å². The second kappa shape index (κ2) is 5.22. The number of hydrogen-bond donors (Lipinski definition) is 1. The zero-order chi connectivity index (χ0) is 12.5. The van der Waals surface area contributed by atoms with E-state index in [1.165, 1.54) is 0 Å². The molecule has 0 radical (unpaired) electrons. The van der Waals surface area contributed by atoms with E-state index in [0.29, 0.717) is 24.8 Å². The highest BCUT2D eigenvalue weighted by Crippen LogP contribution is 2.35. The Bertz CT molecular complexity index is 244. The van der Waals surface area contributed by atoms with Gasteiger partial charge < -0.3 is 15.2 Å². The molecular weight excluding hydrogens is 216 g/mol. The molecule has 0 aliphatic carbocycles. The van der Waals surface area contributed by atoms with E-state index in [9.17, 15) is 0 Å². The van der Waals surface area contributed by atoms with Crippen LogP contribution in [0.3, 0.4) is 0 Å². The van der Waals surface area contributed by atoms with Gasteiger partial charge in [0.05, 0.1) is 18.8 Å². The van der Waals surface area contributed by atoms with Gasteiger partial charge in [0.1, 0.15) is 0 Å². The first kappa shape index (κ1) is 13.3. The Balaban J connectivity index is 2.11. The molecule has 3 atom stereocenters. The van der Waals surface area contributed by atoms with Crippen LogP contribution < -0.4 is 5.73 Å². The number of hydrogen-bond acceptors (Lipinski definition) is 4. The van der Waals surface area contributed by atoms with Gasteiger partial charge in [-0.3, -0.25) is 4.90 Å². The molecule has 2 saturated heterocycles. The van der Waals surface area contributed by atoms with Crippen LogP contribution in [-0.4, -0.2) is 55.5 Å². The van der Waals surface area contributed by atoms with E-state index in [4.69, 9.17) is 15.2 Å². The summed E-state index contributed by atoms with van der Waals surface area (Å²) in [6.07, 6.45) is 3.78. The van der Waals surface area contributed by atoms with Gasteiger partial charge in [-0.2, -0.15) is 0 Å². The molecule has 100 valence electrons. The third-order valence-corrected chi connectivity index (χ3v) is 4.38. The van der Waals surface area contributed by atoms with E-state index in [0.717, 1.165) is 32.5 Å². The van der Waals surface area contributed by atoms with E-state index in [2.05, 4.69) is 25.8 Å². The molecule has 3 unspecified atom stereocenters. The first-order chi connectivity index (χ1) is 8.07. The van der Waals surface area contributed by atoms with Crippen molar-refractivity contribution in [1.29, 1.82) is 0 Å². The minimum absolute atomic E-state index is 0.0927. The Morgan fingerprint density at radius 2 is 1.94 bits per heavy atom. The van der Waals surface area contributed by atoms with Crippen molar-refractivity contribution in [1.82, 2.24) is 4.90 Å². The van der Waals surface area contributed by atoms with Crippen LogP contribution in [0, 0.1) is 0 Å². The summed E-state index contributed by atoms with van der Waals surface area (Å²) in [6, 6.07) is 0.524. The Labute approximate surface area is 104 Å². The molecule has 17 heavy (non-hydrogen) atoms. The van der Waals surface area contributed by atoms with Gasteiger partial charge in [-0.05, 0) is 40.2 Å². The molecule has 0 saturated carbocycles. The molecule has 2 aliphatic rings. The highest BCUT2D eigenvalue weighted by atomic mass is 16.5. The molecule has 2 aliphatic heterocycles. The Hall–Kier alpha value is -0.160. The van der Waals surface area contributed by atoms with Crippen LogP contribution in [0.5, 0.6) is 0 Å². The highest BCUT2D eigenvalue weighted by Gasteiger charge is 2.43. The third-order valence-electron chi connectivity index (χ3n) is 4.38. The summed E-state index contributed by atoms with van der Waals surface area (Å²) in [4.78, 5) is 2.47. The number of nitrogens with zero attached hydrogens (tertiary/aromatic N) is 1. The summed E-state index contributed by atoms with van der Waals surface area (Å²) in [5.74, 6) is 0. The van der Waals surface area contributed by atoms with Crippen LogP contribution in [0.2, 0.25) is 0 Å². The standard InChI is InChI=1S/C13H26N2O2/c1-10-6-13(9-14,7-11(2)17-10)15(3)12-4-5-16-8-12/h10-12H,4-9,14H2,1-3H3. The van der Waals surface area contributed by atoms with E-state index in [1.807, 2.05) is 0 Å². The summed E-state index contributed by atoms with van der Waals surface area (Å²) in [6.45, 7) is 6.75. The second-order valence-corrected chi connectivity index (χ2v) is 5.72. The van der Waals surface area contributed by atoms with E-state index < -0.39 is 0 Å². The molecule has 4 heteroatoms.